The fraction of sp³-hybridized carbons (Fsp3) is 0.154. The molecular formula is C13H11IN2O2. The summed E-state index contributed by atoms with van der Waals surface area (Å²) in [5.41, 5.74) is 1.98. The SMILES string of the molecule is CC#Cc1cccc(I)c1COc1ccn(O)n1. The average molecular weight is 354 g/mol. The number of benzene rings is 1. The Morgan fingerprint density at radius 3 is 2.94 bits per heavy atom. The van der Waals surface area contributed by atoms with E-state index in [0.29, 0.717) is 12.5 Å². The first-order valence-electron chi connectivity index (χ1n) is 5.28. The average Bonchev–Trinajstić information content (AvgIpc) is 2.75. The van der Waals surface area contributed by atoms with Crippen LogP contribution < -0.4 is 4.74 Å². The molecule has 2 rings (SSSR count). The van der Waals surface area contributed by atoms with Crippen molar-refractivity contribution in [2.45, 2.75) is 13.5 Å². The van der Waals surface area contributed by atoms with Crippen LogP contribution in [0, 0.1) is 15.4 Å². The number of rotatable bonds is 3. The molecule has 0 fully saturated rings. The van der Waals surface area contributed by atoms with E-state index < -0.39 is 0 Å². The molecule has 4 nitrogen and oxygen atoms in total. The summed E-state index contributed by atoms with van der Waals surface area (Å²) in [5, 5.41) is 12.8. The molecule has 92 valence electrons. The normalized spacial score (nSPS) is 9.67. The van der Waals surface area contributed by atoms with Gasteiger partial charge in [-0.15, -0.1) is 10.8 Å². The van der Waals surface area contributed by atoms with E-state index in [0.717, 1.165) is 19.5 Å². The van der Waals surface area contributed by atoms with Crippen molar-refractivity contribution in [3.63, 3.8) is 0 Å². The summed E-state index contributed by atoms with van der Waals surface area (Å²) < 4.78 is 6.61. The maximum absolute atomic E-state index is 9.05. The van der Waals surface area contributed by atoms with Crippen molar-refractivity contribution >= 4 is 22.6 Å². The van der Waals surface area contributed by atoms with Crippen LogP contribution in [-0.4, -0.2) is 15.2 Å². The second kappa shape index (κ2) is 5.78. The Morgan fingerprint density at radius 2 is 2.28 bits per heavy atom. The largest absolute Gasteiger partial charge is 0.472 e. The highest BCUT2D eigenvalue weighted by Crippen LogP contribution is 2.18. The minimum atomic E-state index is 0.375. The Kier molecular flexibility index (Phi) is 4.10. The lowest BCUT2D eigenvalue weighted by Crippen LogP contribution is -2.02. The molecule has 0 aliphatic rings. The van der Waals surface area contributed by atoms with Gasteiger partial charge in [-0.25, -0.2) is 0 Å². The van der Waals surface area contributed by atoms with Gasteiger partial charge in [0.1, 0.15) is 6.61 Å². The zero-order valence-corrected chi connectivity index (χ0v) is 11.9. The Bertz CT molecular complexity index is 611. The number of aromatic nitrogens is 2. The van der Waals surface area contributed by atoms with E-state index in [2.05, 4.69) is 39.5 Å². The second-order valence-corrected chi connectivity index (χ2v) is 4.67. The summed E-state index contributed by atoms with van der Waals surface area (Å²) in [5.74, 6) is 6.32. The lowest BCUT2D eigenvalue weighted by molar-refractivity contribution is 0.141. The molecule has 1 aromatic heterocycles. The number of nitrogens with zero attached hydrogens (tertiary/aromatic N) is 2. The van der Waals surface area contributed by atoms with Crippen LogP contribution >= 0.6 is 22.6 Å². The molecule has 0 aliphatic heterocycles. The highest BCUT2D eigenvalue weighted by Gasteiger charge is 2.07. The Morgan fingerprint density at radius 1 is 1.44 bits per heavy atom. The second-order valence-electron chi connectivity index (χ2n) is 3.50. The van der Waals surface area contributed by atoms with E-state index >= 15 is 0 Å². The number of halogens is 1. The fourth-order valence-electron chi connectivity index (χ4n) is 1.48. The van der Waals surface area contributed by atoms with Gasteiger partial charge in [-0.1, -0.05) is 17.1 Å². The zero-order valence-electron chi connectivity index (χ0n) is 9.72. The molecule has 1 aromatic carbocycles. The van der Waals surface area contributed by atoms with Gasteiger partial charge in [-0.05, 0) is 41.6 Å². The van der Waals surface area contributed by atoms with E-state index in [-0.39, 0.29) is 0 Å². The van der Waals surface area contributed by atoms with Crippen molar-refractivity contribution in [1.82, 2.24) is 9.94 Å². The topological polar surface area (TPSA) is 47.3 Å². The molecule has 0 unspecified atom stereocenters. The molecule has 0 saturated carbocycles. The van der Waals surface area contributed by atoms with E-state index in [1.165, 1.54) is 6.20 Å². The van der Waals surface area contributed by atoms with Crippen LogP contribution in [0.4, 0.5) is 0 Å². The molecule has 0 saturated heterocycles. The van der Waals surface area contributed by atoms with Crippen LogP contribution in [0.3, 0.4) is 0 Å². The van der Waals surface area contributed by atoms with Gasteiger partial charge >= 0.3 is 0 Å². The summed E-state index contributed by atoms with van der Waals surface area (Å²) in [6.45, 7) is 2.18. The van der Waals surface area contributed by atoms with Gasteiger partial charge < -0.3 is 9.94 Å². The molecule has 18 heavy (non-hydrogen) atoms. The quantitative estimate of drug-likeness (QED) is 0.524. The first kappa shape index (κ1) is 12.8. The van der Waals surface area contributed by atoms with Crippen LogP contribution in [0.5, 0.6) is 5.88 Å². The highest BCUT2D eigenvalue weighted by molar-refractivity contribution is 14.1. The summed E-state index contributed by atoms with van der Waals surface area (Å²) in [6, 6.07) is 7.53. The van der Waals surface area contributed by atoms with Gasteiger partial charge in [0.15, 0.2) is 0 Å². The molecular weight excluding hydrogens is 343 g/mol. The third-order valence-electron chi connectivity index (χ3n) is 2.29. The minimum absolute atomic E-state index is 0.375. The highest BCUT2D eigenvalue weighted by atomic mass is 127. The van der Waals surface area contributed by atoms with Gasteiger partial charge in [0.05, 0.1) is 6.20 Å². The van der Waals surface area contributed by atoms with E-state index in [4.69, 9.17) is 9.94 Å². The molecule has 0 aliphatic carbocycles. The van der Waals surface area contributed by atoms with Crippen molar-refractivity contribution in [3.05, 3.63) is 45.2 Å². The zero-order chi connectivity index (χ0) is 13.0. The minimum Gasteiger partial charge on any atom is -0.472 e. The lowest BCUT2D eigenvalue weighted by Gasteiger charge is -2.07. The maximum Gasteiger partial charge on any atom is 0.236 e. The van der Waals surface area contributed by atoms with Crippen LogP contribution in [0.2, 0.25) is 0 Å². The Labute approximate surface area is 119 Å². The molecule has 0 amide bonds. The predicted octanol–water partition coefficient (Wildman–Crippen LogP) is 2.68. The molecule has 1 N–H and O–H groups in total. The van der Waals surface area contributed by atoms with Crippen LogP contribution in [0.15, 0.2) is 30.5 Å². The molecule has 0 atom stereocenters. The Hall–Kier alpha value is -1.68. The van der Waals surface area contributed by atoms with Gasteiger partial charge in [0.2, 0.25) is 5.88 Å². The monoisotopic (exact) mass is 354 g/mol. The first-order chi connectivity index (χ1) is 8.70. The third kappa shape index (κ3) is 2.96. The van der Waals surface area contributed by atoms with Gasteiger partial charge in [0.25, 0.3) is 0 Å². The van der Waals surface area contributed by atoms with Crippen LogP contribution in [-0.2, 0) is 6.61 Å². The fourth-order valence-corrected chi connectivity index (χ4v) is 2.13. The summed E-state index contributed by atoms with van der Waals surface area (Å²) in [4.78, 5) is 0.720. The first-order valence-corrected chi connectivity index (χ1v) is 6.36. The van der Waals surface area contributed by atoms with Crippen LogP contribution in [0.1, 0.15) is 18.1 Å². The van der Waals surface area contributed by atoms with E-state index in [1.807, 2.05) is 18.2 Å². The van der Waals surface area contributed by atoms with Crippen molar-refractivity contribution < 1.29 is 9.94 Å². The van der Waals surface area contributed by atoms with Crippen molar-refractivity contribution in [3.8, 4) is 17.7 Å². The standard InChI is InChI=1S/C13H11IN2O2/c1-2-4-10-5-3-6-12(14)11(10)9-18-13-7-8-16(17)15-13/h3,5-8,17H,9H2,1H3. The van der Waals surface area contributed by atoms with E-state index in [1.54, 1.807) is 13.0 Å². The smallest absolute Gasteiger partial charge is 0.236 e. The number of hydrogen-bond acceptors (Lipinski definition) is 3. The molecule has 0 radical (unpaired) electrons. The van der Waals surface area contributed by atoms with Crippen molar-refractivity contribution in [1.29, 1.82) is 0 Å². The third-order valence-corrected chi connectivity index (χ3v) is 3.31. The molecule has 0 bridgehead atoms. The Balaban J connectivity index is 2.19. The van der Waals surface area contributed by atoms with Crippen molar-refractivity contribution in [2.24, 2.45) is 0 Å². The summed E-state index contributed by atoms with van der Waals surface area (Å²) >= 11 is 2.25. The number of hydrogen-bond donors (Lipinski definition) is 1. The van der Waals surface area contributed by atoms with Gasteiger partial charge in [-0.3, -0.25) is 0 Å². The molecule has 0 spiro atoms. The molecule has 2 aromatic rings. The van der Waals surface area contributed by atoms with E-state index in [9.17, 15) is 0 Å². The number of ether oxygens (including phenoxy) is 1. The van der Waals surface area contributed by atoms with Crippen LogP contribution in [0.25, 0.3) is 0 Å². The van der Waals surface area contributed by atoms with Gasteiger partial charge in [0, 0.05) is 20.8 Å². The van der Waals surface area contributed by atoms with Crippen molar-refractivity contribution in [2.75, 3.05) is 0 Å². The molecule has 1 heterocycles. The summed E-state index contributed by atoms with van der Waals surface area (Å²) in [6.07, 6.45) is 1.41. The molecule has 5 heteroatoms. The predicted molar refractivity (Wildman–Crippen MR) is 75.5 cm³/mol. The maximum atomic E-state index is 9.05. The lowest BCUT2D eigenvalue weighted by atomic mass is 10.1. The summed E-state index contributed by atoms with van der Waals surface area (Å²) in [7, 11) is 0. The van der Waals surface area contributed by atoms with Gasteiger partial charge in [-0.2, -0.15) is 0 Å².